The van der Waals surface area contributed by atoms with Crippen molar-refractivity contribution in [2.75, 3.05) is 5.32 Å². The van der Waals surface area contributed by atoms with E-state index in [9.17, 15) is 0 Å². The summed E-state index contributed by atoms with van der Waals surface area (Å²) in [5, 5.41) is 4.03. The summed E-state index contributed by atoms with van der Waals surface area (Å²) in [6, 6.07) is 0. The van der Waals surface area contributed by atoms with Crippen molar-refractivity contribution in [3.63, 3.8) is 0 Å². The predicted octanol–water partition coefficient (Wildman–Crippen LogP) is 1.83. The average molecular weight is 223 g/mol. The molecule has 0 aliphatic carbocycles. The molecule has 0 unspecified atom stereocenters. The fraction of sp³-hybridized carbons (Fsp3) is 0.444. The zero-order chi connectivity index (χ0) is 10.5. The summed E-state index contributed by atoms with van der Waals surface area (Å²) in [6.45, 7) is 2.78. The molecule has 2 heterocycles. The smallest absolute Gasteiger partial charge is 0.202 e. The van der Waals surface area contributed by atoms with Gasteiger partial charge in [-0.1, -0.05) is 6.92 Å². The number of aromatic nitrogens is 4. The number of nitrogens with zero attached hydrogens (tertiary/aromatic N) is 3. The number of hydrogen-bond acceptors (Lipinski definition) is 5. The Kier molecular flexibility index (Phi) is 3.29. The van der Waals surface area contributed by atoms with Crippen LogP contribution in [0.3, 0.4) is 0 Å². The van der Waals surface area contributed by atoms with Crippen molar-refractivity contribution < 1.29 is 0 Å². The number of H-pyrrole nitrogens is 1. The Hall–Kier alpha value is -1.43. The second-order valence-corrected chi connectivity index (χ2v) is 3.91. The maximum atomic E-state index is 4.35. The molecule has 2 rings (SSSR count). The Morgan fingerprint density at radius 2 is 2.47 bits per heavy atom. The highest BCUT2D eigenvalue weighted by Crippen LogP contribution is 2.12. The third kappa shape index (κ3) is 2.76. The van der Waals surface area contributed by atoms with Gasteiger partial charge < -0.3 is 10.3 Å². The summed E-state index contributed by atoms with van der Waals surface area (Å²) in [4.78, 5) is 11.5. The lowest BCUT2D eigenvalue weighted by Crippen LogP contribution is -2.00. The monoisotopic (exact) mass is 223 g/mol. The molecule has 0 fully saturated rings. The van der Waals surface area contributed by atoms with Gasteiger partial charge in [-0.3, -0.25) is 0 Å². The second-order valence-electron chi connectivity index (χ2n) is 3.16. The van der Waals surface area contributed by atoms with Crippen LogP contribution < -0.4 is 5.32 Å². The van der Waals surface area contributed by atoms with Crippen molar-refractivity contribution in [2.45, 2.75) is 26.3 Å². The number of rotatable bonds is 5. The molecule has 15 heavy (non-hydrogen) atoms. The van der Waals surface area contributed by atoms with E-state index in [1.807, 2.05) is 0 Å². The maximum absolute atomic E-state index is 4.35. The van der Waals surface area contributed by atoms with Crippen molar-refractivity contribution in [2.24, 2.45) is 0 Å². The van der Waals surface area contributed by atoms with Gasteiger partial charge in [0.15, 0.2) is 0 Å². The SMILES string of the molecule is CCCc1nsc(NCc2ncc[nH]2)n1. The Morgan fingerprint density at radius 1 is 1.53 bits per heavy atom. The fourth-order valence-corrected chi connectivity index (χ4v) is 1.81. The van der Waals surface area contributed by atoms with Crippen LogP contribution in [0.4, 0.5) is 5.13 Å². The zero-order valence-corrected chi connectivity index (χ0v) is 9.34. The van der Waals surface area contributed by atoms with Gasteiger partial charge in [0.1, 0.15) is 11.6 Å². The van der Waals surface area contributed by atoms with Crippen LogP contribution in [0.15, 0.2) is 12.4 Å². The van der Waals surface area contributed by atoms with E-state index in [-0.39, 0.29) is 0 Å². The van der Waals surface area contributed by atoms with Gasteiger partial charge in [0.25, 0.3) is 0 Å². The lowest BCUT2D eigenvalue weighted by atomic mass is 10.3. The molecule has 0 spiro atoms. The van der Waals surface area contributed by atoms with Crippen molar-refractivity contribution >= 4 is 16.7 Å². The van der Waals surface area contributed by atoms with Crippen LogP contribution in [-0.2, 0) is 13.0 Å². The predicted molar refractivity (Wildman–Crippen MR) is 59.8 cm³/mol. The Bertz CT molecular complexity index is 394. The molecular weight excluding hydrogens is 210 g/mol. The molecular formula is C9H13N5S. The zero-order valence-electron chi connectivity index (χ0n) is 8.53. The molecule has 2 aromatic rings. The summed E-state index contributed by atoms with van der Waals surface area (Å²) < 4.78 is 4.24. The van der Waals surface area contributed by atoms with Crippen molar-refractivity contribution in [1.82, 2.24) is 19.3 Å². The third-order valence-electron chi connectivity index (χ3n) is 1.90. The van der Waals surface area contributed by atoms with Crippen LogP contribution in [0.1, 0.15) is 25.0 Å². The summed E-state index contributed by atoms with van der Waals surface area (Å²) in [7, 11) is 0. The molecule has 6 heteroatoms. The van der Waals surface area contributed by atoms with Gasteiger partial charge in [0.05, 0.1) is 6.54 Å². The minimum atomic E-state index is 0.660. The molecule has 80 valence electrons. The number of aryl methyl sites for hydroxylation is 1. The Labute approximate surface area is 92.1 Å². The van der Waals surface area contributed by atoms with Gasteiger partial charge in [-0.25, -0.2) is 9.97 Å². The van der Waals surface area contributed by atoms with E-state index in [0.29, 0.717) is 6.54 Å². The molecule has 0 aliphatic rings. The minimum absolute atomic E-state index is 0.660. The van der Waals surface area contributed by atoms with Crippen LogP contribution in [0, 0.1) is 0 Å². The highest BCUT2D eigenvalue weighted by molar-refractivity contribution is 7.09. The molecule has 0 atom stereocenters. The van der Waals surface area contributed by atoms with Gasteiger partial charge in [-0.15, -0.1) is 0 Å². The fourth-order valence-electron chi connectivity index (χ4n) is 1.20. The number of hydrogen-bond donors (Lipinski definition) is 2. The first-order valence-electron chi connectivity index (χ1n) is 4.93. The Morgan fingerprint density at radius 3 is 3.20 bits per heavy atom. The standard InChI is InChI=1S/C9H13N5S/c1-2-3-7-13-9(15-14-7)12-6-8-10-4-5-11-8/h4-5H,2-3,6H2,1H3,(H,10,11)(H,12,13,14). The first kappa shape index (κ1) is 10.1. The lowest BCUT2D eigenvalue weighted by molar-refractivity contribution is 0.860. The molecule has 5 nitrogen and oxygen atoms in total. The summed E-state index contributed by atoms with van der Waals surface area (Å²) in [5.41, 5.74) is 0. The molecule has 0 saturated carbocycles. The molecule has 0 aromatic carbocycles. The first-order chi connectivity index (χ1) is 7.38. The summed E-state index contributed by atoms with van der Waals surface area (Å²) in [6.07, 6.45) is 5.56. The van der Waals surface area contributed by atoms with Gasteiger partial charge >= 0.3 is 0 Å². The number of aromatic amines is 1. The molecule has 2 aromatic heterocycles. The molecule has 2 N–H and O–H groups in total. The highest BCUT2D eigenvalue weighted by atomic mass is 32.1. The lowest BCUT2D eigenvalue weighted by Gasteiger charge is -1.97. The number of nitrogens with one attached hydrogen (secondary N) is 2. The van der Waals surface area contributed by atoms with E-state index in [0.717, 1.165) is 29.6 Å². The van der Waals surface area contributed by atoms with E-state index >= 15 is 0 Å². The molecule has 0 aliphatic heterocycles. The van der Waals surface area contributed by atoms with Gasteiger partial charge in [-0.2, -0.15) is 4.37 Å². The van der Waals surface area contributed by atoms with E-state index < -0.39 is 0 Å². The van der Waals surface area contributed by atoms with Crippen LogP contribution in [0.5, 0.6) is 0 Å². The molecule has 0 bridgehead atoms. The van der Waals surface area contributed by atoms with Gasteiger partial charge in [0.2, 0.25) is 5.13 Å². The van der Waals surface area contributed by atoms with Crippen LogP contribution in [0.25, 0.3) is 0 Å². The van der Waals surface area contributed by atoms with E-state index in [1.165, 1.54) is 11.5 Å². The van der Waals surface area contributed by atoms with Gasteiger partial charge in [-0.05, 0) is 6.42 Å². The quantitative estimate of drug-likeness (QED) is 0.811. The number of anilines is 1. The third-order valence-corrected chi connectivity index (χ3v) is 2.61. The largest absolute Gasteiger partial charge is 0.353 e. The van der Waals surface area contributed by atoms with E-state index in [4.69, 9.17) is 0 Å². The minimum Gasteiger partial charge on any atom is -0.353 e. The molecule has 0 saturated heterocycles. The number of imidazole rings is 1. The molecule has 0 amide bonds. The highest BCUT2D eigenvalue weighted by Gasteiger charge is 2.02. The van der Waals surface area contributed by atoms with Crippen LogP contribution >= 0.6 is 11.5 Å². The van der Waals surface area contributed by atoms with Crippen LogP contribution in [0.2, 0.25) is 0 Å². The van der Waals surface area contributed by atoms with Crippen molar-refractivity contribution in [1.29, 1.82) is 0 Å². The van der Waals surface area contributed by atoms with Crippen molar-refractivity contribution in [3.8, 4) is 0 Å². The first-order valence-corrected chi connectivity index (χ1v) is 5.70. The summed E-state index contributed by atoms with van der Waals surface area (Å²) in [5.74, 6) is 1.83. The van der Waals surface area contributed by atoms with Crippen molar-refractivity contribution in [3.05, 3.63) is 24.0 Å². The summed E-state index contributed by atoms with van der Waals surface area (Å²) >= 11 is 1.40. The maximum Gasteiger partial charge on any atom is 0.202 e. The Balaban J connectivity index is 1.88. The van der Waals surface area contributed by atoms with E-state index in [2.05, 4.69) is 31.6 Å². The molecule has 0 radical (unpaired) electrons. The van der Waals surface area contributed by atoms with Crippen LogP contribution in [-0.4, -0.2) is 19.3 Å². The normalized spacial score (nSPS) is 10.5. The second kappa shape index (κ2) is 4.88. The average Bonchev–Trinajstić information content (AvgIpc) is 2.85. The van der Waals surface area contributed by atoms with Gasteiger partial charge in [0, 0.05) is 30.3 Å². The van der Waals surface area contributed by atoms with E-state index in [1.54, 1.807) is 12.4 Å². The topological polar surface area (TPSA) is 66.5 Å².